The van der Waals surface area contributed by atoms with Crippen molar-refractivity contribution in [3.8, 4) is 5.75 Å². The van der Waals surface area contributed by atoms with Crippen molar-refractivity contribution in [2.45, 2.75) is 19.4 Å². The van der Waals surface area contributed by atoms with Gasteiger partial charge in [-0.25, -0.2) is 0 Å². The summed E-state index contributed by atoms with van der Waals surface area (Å²) in [7, 11) is 0. The van der Waals surface area contributed by atoms with E-state index in [1.54, 1.807) is 18.3 Å². The van der Waals surface area contributed by atoms with Crippen LogP contribution in [0.3, 0.4) is 0 Å². The second-order valence-corrected chi connectivity index (χ2v) is 5.23. The van der Waals surface area contributed by atoms with Crippen LogP contribution in [0.15, 0.2) is 53.5 Å². The molecule has 1 aromatic heterocycles. The van der Waals surface area contributed by atoms with E-state index >= 15 is 0 Å². The Morgan fingerprint density at radius 1 is 1.19 bits per heavy atom. The first kappa shape index (κ1) is 15.3. The van der Waals surface area contributed by atoms with Crippen molar-refractivity contribution >= 4 is 17.2 Å². The number of rotatable bonds is 7. The lowest BCUT2D eigenvalue weighted by Gasteiger charge is -2.09. The molecule has 2 aromatic rings. The van der Waals surface area contributed by atoms with Crippen molar-refractivity contribution in [2.24, 2.45) is 5.73 Å². The van der Waals surface area contributed by atoms with Crippen LogP contribution < -0.4 is 16.0 Å². The van der Waals surface area contributed by atoms with E-state index in [1.807, 2.05) is 18.2 Å². The molecule has 0 aliphatic heterocycles. The molecule has 0 atom stereocenters. The Labute approximate surface area is 129 Å². The quantitative estimate of drug-likeness (QED) is 0.629. The van der Waals surface area contributed by atoms with Gasteiger partial charge in [0.1, 0.15) is 0 Å². The molecule has 0 amide bonds. The molecule has 0 bridgehead atoms. The zero-order valence-electron chi connectivity index (χ0n) is 11.7. The Balaban J connectivity index is 1.89. The number of benzene rings is 1. The van der Waals surface area contributed by atoms with Crippen molar-refractivity contribution in [2.75, 3.05) is 6.61 Å². The van der Waals surface area contributed by atoms with E-state index in [0.717, 1.165) is 12.8 Å². The van der Waals surface area contributed by atoms with Crippen molar-refractivity contribution in [1.29, 1.82) is 0 Å². The lowest BCUT2D eigenvalue weighted by atomic mass is 10.1. The first-order valence-electron chi connectivity index (χ1n) is 6.81. The maximum Gasteiger partial charge on any atom is 0.293 e. The molecule has 0 fully saturated rings. The molecule has 0 saturated carbocycles. The average molecular weight is 302 g/mol. The van der Waals surface area contributed by atoms with Crippen LogP contribution in [0.25, 0.3) is 0 Å². The number of nitrogens with two attached hydrogens (primary N) is 1. The minimum atomic E-state index is -0.204. The van der Waals surface area contributed by atoms with Crippen LogP contribution in [0.4, 0.5) is 0 Å². The van der Waals surface area contributed by atoms with E-state index in [-0.39, 0.29) is 17.1 Å². The summed E-state index contributed by atoms with van der Waals surface area (Å²) in [6.45, 7) is 0.733. The number of hydrogen-bond donors (Lipinski definition) is 1. The molecule has 2 N–H and O–H groups in total. The van der Waals surface area contributed by atoms with Crippen LogP contribution in [-0.2, 0) is 13.0 Å². The third-order valence-electron chi connectivity index (χ3n) is 3.02. The monoisotopic (exact) mass is 302 g/mol. The number of ether oxygens (including phenoxy) is 1. The maximum absolute atomic E-state index is 12.1. The largest absolute Gasteiger partial charge is 0.488 e. The Morgan fingerprint density at radius 3 is 2.67 bits per heavy atom. The molecule has 1 heterocycles. The number of thiocarbonyl (C=S) groups is 1. The van der Waals surface area contributed by atoms with Gasteiger partial charge in [-0.2, -0.15) is 0 Å². The van der Waals surface area contributed by atoms with Gasteiger partial charge in [0.2, 0.25) is 0 Å². The fourth-order valence-corrected chi connectivity index (χ4v) is 2.16. The summed E-state index contributed by atoms with van der Waals surface area (Å²) in [6, 6.07) is 13.6. The molecule has 0 saturated heterocycles. The van der Waals surface area contributed by atoms with Gasteiger partial charge in [-0.05, 0) is 30.5 Å². The van der Waals surface area contributed by atoms with Crippen molar-refractivity contribution in [3.05, 3.63) is 64.6 Å². The van der Waals surface area contributed by atoms with Crippen LogP contribution in [0.1, 0.15) is 12.0 Å². The smallest absolute Gasteiger partial charge is 0.293 e. The Bertz CT molecular complexity index is 653. The number of aromatic nitrogens is 1. The van der Waals surface area contributed by atoms with E-state index in [1.165, 1.54) is 10.1 Å². The SMILES string of the molecule is NC(=S)Cn1cccc(OCCCc2ccccc2)c1=O. The van der Waals surface area contributed by atoms with Gasteiger partial charge in [0.15, 0.2) is 5.75 Å². The number of aryl methyl sites for hydroxylation is 1. The second kappa shape index (κ2) is 7.59. The van der Waals surface area contributed by atoms with E-state index in [0.29, 0.717) is 12.4 Å². The summed E-state index contributed by atoms with van der Waals surface area (Å²) >= 11 is 4.82. The third-order valence-corrected chi connectivity index (χ3v) is 3.15. The Hall–Kier alpha value is -2.14. The standard InChI is InChI=1S/C16H18N2O2S/c17-15(21)12-18-10-4-9-14(16(18)19)20-11-5-8-13-6-2-1-3-7-13/h1-4,6-7,9-10H,5,8,11-12H2,(H2,17,21). The van der Waals surface area contributed by atoms with Gasteiger partial charge in [-0.3, -0.25) is 4.79 Å². The highest BCUT2D eigenvalue weighted by atomic mass is 32.1. The van der Waals surface area contributed by atoms with Crippen LogP contribution in [0.5, 0.6) is 5.75 Å². The van der Waals surface area contributed by atoms with E-state index in [2.05, 4.69) is 12.1 Å². The summed E-state index contributed by atoms with van der Waals surface area (Å²) in [5.41, 5.74) is 6.52. The topological polar surface area (TPSA) is 57.2 Å². The summed E-state index contributed by atoms with van der Waals surface area (Å²) in [6.07, 6.45) is 3.43. The zero-order chi connectivity index (χ0) is 15.1. The van der Waals surface area contributed by atoms with Crippen LogP contribution in [0.2, 0.25) is 0 Å². The summed E-state index contributed by atoms with van der Waals surface area (Å²) < 4.78 is 7.02. The second-order valence-electron chi connectivity index (χ2n) is 4.71. The minimum Gasteiger partial charge on any atom is -0.488 e. The molecule has 0 aliphatic carbocycles. The Morgan fingerprint density at radius 2 is 1.95 bits per heavy atom. The average Bonchev–Trinajstić information content (AvgIpc) is 2.48. The minimum absolute atomic E-state index is 0.204. The molecule has 5 heteroatoms. The normalized spacial score (nSPS) is 10.3. The maximum atomic E-state index is 12.1. The highest BCUT2D eigenvalue weighted by Crippen LogP contribution is 2.06. The van der Waals surface area contributed by atoms with Crippen LogP contribution in [-0.4, -0.2) is 16.2 Å². The first-order chi connectivity index (χ1) is 10.2. The van der Waals surface area contributed by atoms with Gasteiger partial charge >= 0.3 is 0 Å². The molecule has 21 heavy (non-hydrogen) atoms. The van der Waals surface area contributed by atoms with Gasteiger partial charge in [0, 0.05) is 6.20 Å². The van der Waals surface area contributed by atoms with Gasteiger partial charge < -0.3 is 15.0 Å². The van der Waals surface area contributed by atoms with Gasteiger partial charge in [-0.1, -0.05) is 42.5 Å². The Kier molecular flexibility index (Phi) is 5.51. The summed E-state index contributed by atoms with van der Waals surface area (Å²) in [5, 5.41) is 0. The fraction of sp³-hybridized carbons (Fsp3) is 0.250. The van der Waals surface area contributed by atoms with Gasteiger partial charge in [-0.15, -0.1) is 0 Å². The molecular formula is C16H18N2O2S. The molecule has 2 rings (SSSR count). The van der Waals surface area contributed by atoms with Gasteiger partial charge in [0.05, 0.1) is 18.1 Å². The lowest BCUT2D eigenvalue weighted by molar-refractivity contribution is 0.304. The molecule has 4 nitrogen and oxygen atoms in total. The molecule has 0 aliphatic rings. The first-order valence-corrected chi connectivity index (χ1v) is 7.22. The molecule has 110 valence electrons. The number of hydrogen-bond acceptors (Lipinski definition) is 3. The zero-order valence-corrected chi connectivity index (χ0v) is 12.5. The van der Waals surface area contributed by atoms with Crippen molar-refractivity contribution < 1.29 is 4.74 Å². The molecule has 0 radical (unpaired) electrons. The van der Waals surface area contributed by atoms with Crippen molar-refractivity contribution in [1.82, 2.24) is 4.57 Å². The highest BCUT2D eigenvalue weighted by Gasteiger charge is 2.04. The van der Waals surface area contributed by atoms with E-state index in [9.17, 15) is 4.79 Å². The summed E-state index contributed by atoms with van der Waals surface area (Å²) in [4.78, 5) is 12.4. The molecular weight excluding hydrogens is 284 g/mol. The molecule has 0 spiro atoms. The van der Waals surface area contributed by atoms with E-state index in [4.69, 9.17) is 22.7 Å². The molecule has 1 aromatic carbocycles. The van der Waals surface area contributed by atoms with Crippen LogP contribution >= 0.6 is 12.2 Å². The van der Waals surface area contributed by atoms with E-state index < -0.39 is 0 Å². The third kappa shape index (κ3) is 4.72. The molecule has 0 unspecified atom stereocenters. The highest BCUT2D eigenvalue weighted by molar-refractivity contribution is 7.80. The van der Waals surface area contributed by atoms with Crippen LogP contribution in [0, 0.1) is 0 Å². The number of pyridine rings is 1. The van der Waals surface area contributed by atoms with Crippen molar-refractivity contribution in [3.63, 3.8) is 0 Å². The summed E-state index contributed by atoms with van der Waals surface area (Å²) in [5.74, 6) is 0.335. The van der Waals surface area contributed by atoms with Gasteiger partial charge in [0.25, 0.3) is 5.56 Å². The predicted octanol–water partition coefficient (Wildman–Crippen LogP) is 2.15. The lowest BCUT2D eigenvalue weighted by Crippen LogP contribution is -2.27. The number of nitrogens with zero attached hydrogens (tertiary/aromatic N) is 1. The predicted molar refractivity (Wildman–Crippen MR) is 87.7 cm³/mol. The fourth-order valence-electron chi connectivity index (χ4n) is 2.02.